The third-order valence-electron chi connectivity index (χ3n) is 2.47. The molecule has 0 aliphatic carbocycles. The summed E-state index contributed by atoms with van der Waals surface area (Å²) in [5, 5.41) is 22.7. The number of thiazole rings is 1. The Morgan fingerprint density at radius 3 is 2.60 bits per heavy atom. The molecule has 0 unspecified atom stereocenters. The molecule has 0 amide bonds. The van der Waals surface area contributed by atoms with E-state index in [9.17, 15) is 0 Å². The van der Waals surface area contributed by atoms with Crippen LogP contribution in [0, 0.1) is 22.7 Å². The summed E-state index contributed by atoms with van der Waals surface area (Å²) in [4.78, 5) is 5.62. The highest BCUT2D eigenvalue weighted by atomic mass is 32.2. The van der Waals surface area contributed by atoms with Crippen LogP contribution in [0.5, 0.6) is 0 Å². The lowest BCUT2D eigenvalue weighted by molar-refractivity contribution is 1.36. The van der Waals surface area contributed by atoms with Crippen LogP contribution in [0.3, 0.4) is 0 Å². The van der Waals surface area contributed by atoms with Gasteiger partial charge in [0.05, 0.1) is 5.69 Å². The summed E-state index contributed by atoms with van der Waals surface area (Å²) >= 11 is 3.12. The average Bonchev–Trinajstić information content (AvgIpc) is 2.97. The number of allylic oxidation sites excluding steroid dienone is 1. The SMILES string of the molecule is CSc1ccc(-c2csc(NC=C(C#N)C#N)n2)cc1. The molecule has 1 heterocycles. The van der Waals surface area contributed by atoms with Crippen molar-refractivity contribution in [3.05, 3.63) is 41.4 Å². The Kier molecular flexibility index (Phi) is 4.78. The van der Waals surface area contributed by atoms with Crippen molar-refractivity contribution in [3.63, 3.8) is 0 Å². The van der Waals surface area contributed by atoms with Gasteiger partial charge in [-0.2, -0.15) is 10.5 Å². The molecular formula is C14H10N4S2. The Morgan fingerprint density at radius 1 is 1.30 bits per heavy atom. The second-order valence-corrected chi connectivity index (χ2v) is 5.43. The van der Waals surface area contributed by atoms with Gasteiger partial charge in [-0.15, -0.1) is 23.1 Å². The second kappa shape index (κ2) is 6.76. The van der Waals surface area contributed by atoms with Crippen LogP contribution in [0.1, 0.15) is 0 Å². The number of benzene rings is 1. The fourth-order valence-corrected chi connectivity index (χ4v) is 2.56. The third-order valence-corrected chi connectivity index (χ3v) is 3.99. The number of aromatic nitrogens is 1. The number of rotatable bonds is 4. The Morgan fingerprint density at radius 2 is 2.00 bits per heavy atom. The zero-order chi connectivity index (χ0) is 14.4. The average molecular weight is 298 g/mol. The van der Waals surface area contributed by atoms with Crippen LogP contribution < -0.4 is 5.32 Å². The maximum Gasteiger partial charge on any atom is 0.187 e. The molecule has 0 spiro atoms. The molecule has 0 bridgehead atoms. The molecule has 1 N–H and O–H groups in total. The van der Waals surface area contributed by atoms with E-state index in [1.165, 1.54) is 22.4 Å². The van der Waals surface area contributed by atoms with Crippen molar-refractivity contribution in [1.29, 1.82) is 10.5 Å². The quantitative estimate of drug-likeness (QED) is 0.685. The molecule has 0 radical (unpaired) electrons. The number of anilines is 1. The summed E-state index contributed by atoms with van der Waals surface area (Å²) in [6.45, 7) is 0. The summed E-state index contributed by atoms with van der Waals surface area (Å²) < 4.78 is 0. The highest BCUT2D eigenvalue weighted by Crippen LogP contribution is 2.26. The van der Waals surface area contributed by atoms with E-state index in [1.807, 2.05) is 23.8 Å². The Hall–Kier alpha value is -2.28. The van der Waals surface area contributed by atoms with Gasteiger partial charge in [0.2, 0.25) is 0 Å². The first-order valence-corrected chi connectivity index (χ1v) is 7.74. The zero-order valence-electron chi connectivity index (χ0n) is 10.6. The number of hydrogen-bond donors (Lipinski definition) is 1. The van der Waals surface area contributed by atoms with Crippen molar-refractivity contribution in [2.75, 3.05) is 11.6 Å². The molecule has 6 heteroatoms. The molecule has 0 aliphatic rings. The minimum Gasteiger partial charge on any atom is -0.336 e. The van der Waals surface area contributed by atoms with Crippen molar-refractivity contribution in [1.82, 2.24) is 4.98 Å². The van der Waals surface area contributed by atoms with Gasteiger partial charge >= 0.3 is 0 Å². The monoisotopic (exact) mass is 298 g/mol. The molecule has 4 nitrogen and oxygen atoms in total. The van der Waals surface area contributed by atoms with Crippen LogP contribution in [0.15, 0.2) is 46.3 Å². The number of nitrogens with one attached hydrogen (secondary N) is 1. The van der Waals surface area contributed by atoms with E-state index in [2.05, 4.69) is 22.4 Å². The van der Waals surface area contributed by atoms with E-state index in [0.29, 0.717) is 5.13 Å². The van der Waals surface area contributed by atoms with Crippen LogP contribution in [0.4, 0.5) is 5.13 Å². The van der Waals surface area contributed by atoms with Crippen molar-refractivity contribution < 1.29 is 0 Å². The minimum atomic E-state index is 0.0195. The number of thioether (sulfide) groups is 1. The van der Waals surface area contributed by atoms with E-state index >= 15 is 0 Å². The molecule has 1 aromatic heterocycles. The minimum absolute atomic E-state index is 0.0195. The maximum absolute atomic E-state index is 8.64. The first-order chi connectivity index (χ1) is 9.76. The van der Waals surface area contributed by atoms with E-state index in [1.54, 1.807) is 23.9 Å². The van der Waals surface area contributed by atoms with Gasteiger partial charge in [0.25, 0.3) is 0 Å². The van der Waals surface area contributed by atoms with Crippen LogP contribution in [-0.2, 0) is 0 Å². The largest absolute Gasteiger partial charge is 0.336 e. The normalized spacial score (nSPS) is 9.35. The summed E-state index contributed by atoms with van der Waals surface area (Å²) in [5.74, 6) is 0. The molecule has 1 aromatic carbocycles. The van der Waals surface area contributed by atoms with Crippen molar-refractivity contribution in [2.45, 2.75) is 4.90 Å². The van der Waals surface area contributed by atoms with Gasteiger partial charge in [-0.3, -0.25) is 0 Å². The maximum atomic E-state index is 8.64. The van der Waals surface area contributed by atoms with E-state index in [4.69, 9.17) is 10.5 Å². The fraction of sp³-hybridized carbons (Fsp3) is 0.0714. The lowest BCUT2D eigenvalue weighted by Crippen LogP contribution is -1.89. The molecule has 0 saturated heterocycles. The van der Waals surface area contributed by atoms with Gasteiger partial charge in [-0.25, -0.2) is 4.98 Å². The predicted octanol–water partition coefficient (Wildman–Crippen LogP) is 3.87. The van der Waals surface area contributed by atoms with Gasteiger partial charge in [0, 0.05) is 22.0 Å². The zero-order valence-corrected chi connectivity index (χ0v) is 12.3. The van der Waals surface area contributed by atoms with E-state index in [0.717, 1.165) is 11.3 Å². The molecule has 0 aliphatic heterocycles. The summed E-state index contributed by atoms with van der Waals surface area (Å²) in [7, 11) is 0. The molecule has 0 saturated carbocycles. The summed E-state index contributed by atoms with van der Waals surface area (Å²) in [6.07, 6.45) is 3.40. The van der Waals surface area contributed by atoms with Crippen molar-refractivity contribution in [2.24, 2.45) is 0 Å². The van der Waals surface area contributed by atoms with Crippen molar-refractivity contribution >= 4 is 28.2 Å². The highest BCUT2D eigenvalue weighted by Gasteiger charge is 2.04. The third kappa shape index (κ3) is 3.39. The lowest BCUT2D eigenvalue weighted by Gasteiger charge is -1.98. The van der Waals surface area contributed by atoms with Gasteiger partial charge in [-0.1, -0.05) is 12.1 Å². The molecule has 0 atom stereocenters. The molecule has 2 rings (SSSR count). The number of nitrogens with zero attached hydrogens (tertiary/aromatic N) is 3. The van der Waals surface area contributed by atoms with Gasteiger partial charge in [0.1, 0.15) is 17.7 Å². The first kappa shape index (κ1) is 14.1. The number of hydrogen-bond acceptors (Lipinski definition) is 6. The molecule has 98 valence electrons. The topological polar surface area (TPSA) is 72.5 Å². The molecule has 20 heavy (non-hydrogen) atoms. The summed E-state index contributed by atoms with van der Waals surface area (Å²) in [5.41, 5.74) is 1.93. The summed E-state index contributed by atoms with van der Waals surface area (Å²) in [6, 6.07) is 11.7. The standard InChI is InChI=1S/C14H10N4S2/c1-19-12-4-2-11(3-5-12)13-9-20-14(18-13)17-8-10(6-15)7-16/h2-5,8-9H,1H3,(H,17,18). The van der Waals surface area contributed by atoms with Crippen LogP contribution in [0.2, 0.25) is 0 Å². The van der Waals surface area contributed by atoms with Gasteiger partial charge < -0.3 is 5.32 Å². The van der Waals surface area contributed by atoms with Gasteiger partial charge in [-0.05, 0) is 18.4 Å². The van der Waals surface area contributed by atoms with E-state index in [-0.39, 0.29) is 5.57 Å². The number of nitriles is 2. The van der Waals surface area contributed by atoms with Crippen LogP contribution in [0.25, 0.3) is 11.3 Å². The van der Waals surface area contributed by atoms with Crippen LogP contribution >= 0.6 is 23.1 Å². The van der Waals surface area contributed by atoms with Crippen molar-refractivity contribution in [3.8, 4) is 23.4 Å². The Balaban J connectivity index is 2.15. The Labute approximate surface area is 125 Å². The molecular weight excluding hydrogens is 288 g/mol. The molecule has 2 aromatic rings. The first-order valence-electron chi connectivity index (χ1n) is 5.63. The second-order valence-electron chi connectivity index (χ2n) is 3.69. The lowest BCUT2D eigenvalue weighted by atomic mass is 10.2. The molecule has 0 fully saturated rings. The fourth-order valence-electron chi connectivity index (χ4n) is 1.46. The highest BCUT2D eigenvalue weighted by molar-refractivity contribution is 7.98. The van der Waals surface area contributed by atoms with E-state index < -0.39 is 0 Å². The smallest absolute Gasteiger partial charge is 0.187 e. The van der Waals surface area contributed by atoms with Crippen LogP contribution in [-0.4, -0.2) is 11.2 Å². The Bertz CT molecular complexity index is 686. The van der Waals surface area contributed by atoms with Gasteiger partial charge in [0.15, 0.2) is 5.13 Å². The predicted molar refractivity (Wildman–Crippen MR) is 82.3 cm³/mol.